The summed E-state index contributed by atoms with van der Waals surface area (Å²) in [5.41, 5.74) is 0.929. The highest BCUT2D eigenvalue weighted by Gasteiger charge is 2.24. The van der Waals surface area contributed by atoms with Crippen LogP contribution in [-0.4, -0.2) is 32.5 Å². The normalized spacial score (nSPS) is 12.9. The van der Waals surface area contributed by atoms with E-state index in [4.69, 9.17) is 19.3 Å². The van der Waals surface area contributed by atoms with Crippen molar-refractivity contribution in [3.8, 4) is 17.2 Å². The quantitative estimate of drug-likeness (QED) is 0.871. The molecule has 4 nitrogen and oxygen atoms in total. The van der Waals surface area contributed by atoms with Gasteiger partial charge in [0.05, 0.1) is 20.8 Å². The Morgan fingerprint density at radius 2 is 1.80 bits per heavy atom. The van der Waals surface area contributed by atoms with E-state index in [-0.39, 0.29) is 17.9 Å². The molecule has 20 heavy (non-hydrogen) atoms. The fourth-order valence-corrected chi connectivity index (χ4v) is 1.83. The van der Waals surface area contributed by atoms with Crippen LogP contribution < -0.4 is 14.2 Å². The minimum absolute atomic E-state index is 0.0784. The Balaban J connectivity index is 3.23. The molecule has 0 aliphatic heterocycles. The summed E-state index contributed by atoms with van der Waals surface area (Å²) in [6.07, 6.45) is 0. The summed E-state index contributed by atoms with van der Waals surface area (Å²) in [4.78, 5) is 0. The van der Waals surface area contributed by atoms with E-state index in [1.165, 1.54) is 0 Å². The smallest absolute Gasteiger partial charge is 0.165 e. The largest absolute Gasteiger partial charge is 0.497 e. The third-order valence-corrected chi connectivity index (χ3v) is 3.12. The standard InChI is InChI=1S/C16H26O4/c1-11(9-17)10-20-15-13(16(2,3)4)7-12(18-5)8-14(15)19-6/h7-8,11,17H,9-10H2,1-6H3. The average Bonchev–Trinajstić information content (AvgIpc) is 2.42. The summed E-state index contributed by atoms with van der Waals surface area (Å²) in [6.45, 7) is 8.83. The summed E-state index contributed by atoms with van der Waals surface area (Å²) >= 11 is 0. The minimum atomic E-state index is -0.0976. The molecule has 0 bridgehead atoms. The Kier molecular flexibility index (Phi) is 5.69. The van der Waals surface area contributed by atoms with Gasteiger partial charge in [-0.2, -0.15) is 0 Å². The lowest BCUT2D eigenvalue weighted by Gasteiger charge is -2.25. The van der Waals surface area contributed by atoms with Crippen LogP contribution in [-0.2, 0) is 5.41 Å². The predicted octanol–water partition coefficient (Wildman–Crippen LogP) is 3.01. The third-order valence-electron chi connectivity index (χ3n) is 3.12. The summed E-state index contributed by atoms with van der Waals surface area (Å²) in [5, 5.41) is 9.12. The zero-order valence-corrected chi connectivity index (χ0v) is 13.3. The average molecular weight is 282 g/mol. The molecule has 0 aliphatic rings. The van der Waals surface area contributed by atoms with E-state index in [0.717, 1.165) is 17.1 Å². The summed E-state index contributed by atoms with van der Waals surface area (Å²) in [5.74, 6) is 2.20. The second-order valence-electron chi connectivity index (χ2n) is 6.06. The summed E-state index contributed by atoms with van der Waals surface area (Å²) in [7, 11) is 3.25. The maximum Gasteiger partial charge on any atom is 0.165 e. The fourth-order valence-electron chi connectivity index (χ4n) is 1.83. The molecule has 0 spiro atoms. The lowest BCUT2D eigenvalue weighted by molar-refractivity contribution is 0.169. The lowest BCUT2D eigenvalue weighted by Crippen LogP contribution is -2.18. The SMILES string of the molecule is COc1cc(OC)c(OCC(C)CO)c(C(C)(C)C)c1. The van der Waals surface area contributed by atoms with E-state index in [1.54, 1.807) is 14.2 Å². The van der Waals surface area contributed by atoms with Gasteiger partial charge in [-0.05, 0) is 11.5 Å². The van der Waals surface area contributed by atoms with Gasteiger partial charge in [-0.1, -0.05) is 27.7 Å². The van der Waals surface area contributed by atoms with Gasteiger partial charge in [0.1, 0.15) is 5.75 Å². The van der Waals surface area contributed by atoms with Crippen LogP contribution in [0.3, 0.4) is 0 Å². The van der Waals surface area contributed by atoms with Crippen LogP contribution >= 0.6 is 0 Å². The molecule has 0 fully saturated rings. The molecule has 1 atom stereocenters. The molecular formula is C16H26O4. The van der Waals surface area contributed by atoms with Crippen molar-refractivity contribution in [3.05, 3.63) is 17.7 Å². The number of aliphatic hydroxyl groups is 1. The van der Waals surface area contributed by atoms with E-state index in [2.05, 4.69) is 20.8 Å². The lowest BCUT2D eigenvalue weighted by atomic mass is 9.86. The molecule has 114 valence electrons. The van der Waals surface area contributed by atoms with Gasteiger partial charge in [0, 0.05) is 24.2 Å². The van der Waals surface area contributed by atoms with Crippen LogP contribution in [0.4, 0.5) is 0 Å². The van der Waals surface area contributed by atoms with Gasteiger partial charge in [0.2, 0.25) is 0 Å². The predicted molar refractivity (Wildman–Crippen MR) is 80.0 cm³/mol. The molecule has 1 N–H and O–H groups in total. The van der Waals surface area contributed by atoms with Gasteiger partial charge in [0.15, 0.2) is 11.5 Å². The van der Waals surface area contributed by atoms with Crippen LogP contribution in [0, 0.1) is 5.92 Å². The first-order valence-corrected chi connectivity index (χ1v) is 6.83. The second-order valence-corrected chi connectivity index (χ2v) is 6.06. The third kappa shape index (κ3) is 4.04. The Morgan fingerprint density at radius 1 is 1.15 bits per heavy atom. The van der Waals surface area contributed by atoms with Crippen LogP contribution in [0.5, 0.6) is 17.2 Å². The maximum atomic E-state index is 9.12. The van der Waals surface area contributed by atoms with E-state index >= 15 is 0 Å². The highest BCUT2D eigenvalue weighted by Crippen LogP contribution is 2.41. The fraction of sp³-hybridized carbons (Fsp3) is 0.625. The molecule has 1 aromatic rings. The number of aliphatic hydroxyl groups excluding tert-OH is 1. The van der Waals surface area contributed by atoms with Crippen molar-refractivity contribution in [2.45, 2.75) is 33.1 Å². The minimum Gasteiger partial charge on any atom is -0.497 e. The van der Waals surface area contributed by atoms with Crippen LogP contribution in [0.15, 0.2) is 12.1 Å². The number of rotatable bonds is 6. The topological polar surface area (TPSA) is 47.9 Å². The van der Waals surface area contributed by atoms with Crippen molar-refractivity contribution in [1.82, 2.24) is 0 Å². The number of ether oxygens (including phenoxy) is 3. The molecule has 0 aromatic heterocycles. The molecular weight excluding hydrogens is 256 g/mol. The van der Waals surface area contributed by atoms with E-state index < -0.39 is 0 Å². The first-order valence-electron chi connectivity index (χ1n) is 6.83. The zero-order chi connectivity index (χ0) is 15.3. The zero-order valence-electron chi connectivity index (χ0n) is 13.3. The molecule has 1 rings (SSSR count). The van der Waals surface area contributed by atoms with Crippen molar-refractivity contribution < 1.29 is 19.3 Å². The van der Waals surface area contributed by atoms with E-state index in [1.807, 2.05) is 19.1 Å². The van der Waals surface area contributed by atoms with Gasteiger partial charge in [-0.25, -0.2) is 0 Å². The van der Waals surface area contributed by atoms with Crippen molar-refractivity contribution in [2.24, 2.45) is 5.92 Å². The van der Waals surface area contributed by atoms with E-state index in [0.29, 0.717) is 12.4 Å². The summed E-state index contributed by atoms with van der Waals surface area (Å²) < 4.78 is 16.6. The van der Waals surface area contributed by atoms with Gasteiger partial charge >= 0.3 is 0 Å². The van der Waals surface area contributed by atoms with Gasteiger partial charge in [-0.3, -0.25) is 0 Å². The second kappa shape index (κ2) is 6.84. The molecule has 0 heterocycles. The van der Waals surface area contributed by atoms with Crippen LogP contribution in [0.1, 0.15) is 33.3 Å². The Hall–Kier alpha value is -1.42. The van der Waals surface area contributed by atoms with Gasteiger partial charge < -0.3 is 19.3 Å². The maximum absolute atomic E-state index is 9.12. The van der Waals surface area contributed by atoms with Crippen molar-refractivity contribution >= 4 is 0 Å². The number of benzene rings is 1. The highest BCUT2D eigenvalue weighted by molar-refractivity contribution is 5.54. The molecule has 0 amide bonds. The Labute approximate surface area is 121 Å². The molecule has 0 aliphatic carbocycles. The van der Waals surface area contributed by atoms with Crippen LogP contribution in [0.2, 0.25) is 0 Å². The monoisotopic (exact) mass is 282 g/mol. The summed E-state index contributed by atoms with van der Waals surface area (Å²) in [6, 6.07) is 3.79. The molecule has 0 radical (unpaired) electrons. The molecule has 1 aromatic carbocycles. The molecule has 4 heteroatoms. The van der Waals surface area contributed by atoms with Crippen LogP contribution in [0.25, 0.3) is 0 Å². The molecule has 0 saturated carbocycles. The molecule has 0 saturated heterocycles. The van der Waals surface area contributed by atoms with Gasteiger partial charge in [0.25, 0.3) is 0 Å². The number of methoxy groups -OCH3 is 2. The molecule has 1 unspecified atom stereocenters. The van der Waals surface area contributed by atoms with Crippen molar-refractivity contribution in [1.29, 1.82) is 0 Å². The first kappa shape index (κ1) is 16.6. The highest BCUT2D eigenvalue weighted by atomic mass is 16.5. The number of hydrogen-bond acceptors (Lipinski definition) is 4. The van der Waals surface area contributed by atoms with Crippen molar-refractivity contribution in [2.75, 3.05) is 27.4 Å². The Bertz CT molecular complexity index is 435. The van der Waals surface area contributed by atoms with E-state index in [9.17, 15) is 0 Å². The number of hydrogen-bond donors (Lipinski definition) is 1. The Morgan fingerprint density at radius 3 is 2.25 bits per heavy atom. The van der Waals surface area contributed by atoms with Crippen molar-refractivity contribution in [3.63, 3.8) is 0 Å². The first-order chi connectivity index (χ1) is 9.33. The van der Waals surface area contributed by atoms with Gasteiger partial charge in [-0.15, -0.1) is 0 Å².